The number of hydrogen-bond donors (Lipinski definition) is 1. The quantitative estimate of drug-likeness (QED) is 0.857. The first-order valence-electron chi connectivity index (χ1n) is 6.05. The second-order valence-corrected chi connectivity index (χ2v) is 5.42. The maximum Gasteiger partial charge on any atom is 0.161 e. The Morgan fingerprint density at radius 2 is 1.89 bits per heavy atom. The third-order valence-electron chi connectivity index (χ3n) is 3.11. The Morgan fingerprint density at radius 1 is 1.17 bits per heavy atom. The highest BCUT2D eigenvalue weighted by Gasteiger charge is 2.26. The van der Waals surface area contributed by atoms with Crippen molar-refractivity contribution in [3.63, 3.8) is 0 Å². The zero-order valence-electron chi connectivity index (χ0n) is 10.3. The van der Waals surface area contributed by atoms with Crippen LogP contribution in [0, 0.1) is 0 Å². The highest BCUT2D eigenvalue weighted by atomic mass is 32.2. The van der Waals surface area contributed by atoms with E-state index >= 15 is 0 Å². The van der Waals surface area contributed by atoms with E-state index in [4.69, 9.17) is 5.73 Å². The molecule has 0 radical (unpaired) electrons. The zero-order chi connectivity index (χ0) is 12.5. The van der Waals surface area contributed by atoms with E-state index in [1.807, 2.05) is 6.07 Å². The molecule has 1 saturated carbocycles. The van der Waals surface area contributed by atoms with E-state index in [-0.39, 0.29) is 0 Å². The molecule has 0 atom stereocenters. The van der Waals surface area contributed by atoms with Crippen molar-refractivity contribution in [2.75, 3.05) is 12.0 Å². The van der Waals surface area contributed by atoms with Gasteiger partial charge in [0, 0.05) is 28.1 Å². The van der Waals surface area contributed by atoms with Crippen molar-refractivity contribution in [3.8, 4) is 11.4 Å². The summed E-state index contributed by atoms with van der Waals surface area (Å²) in [7, 11) is 0. The van der Waals surface area contributed by atoms with Crippen LogP contribution in [0.25, 0.3) is 11.4 Å². The lowest BCUT2D eigenvalue weighted by molar-refractivity contribution is 0.998. The van der Waals surface area contributed by atoms with Gasteiger partial charge in [-0.05, 0) is 31.2 Å². The summed E-state index contributed by atoms with van der Waals surface area (Å²) in [5.74, 6) is 1.90. The molecule has 0 bridgehead atoms. The van der Waals surface area contributed by atoms with Crippen LogP contribution >= 0.6 is 11.8 Å². The summed E-state index contributed by atoms with van der Waals surface area (Å²) in [4.78, 5) is 10.2. The van der Waals surface area contributed by atoms with E-state index in [2.05, 4.69) is 40.5 Å². The van der Waals surface area contributed by atoms with Crippen LogP contribution in [0.15, 0.2) is 35.2 Å². The first kappa shape index (κ1) is 11.5. The Balaban J connectivity index is 1.98. The number of nitrogen functional groups attached to an aromatic ring is 1. The monoisotopic (exact) mass is 257 g/mol. The number of aromatic nitrogens is 2. The number of anilines is 1. The highest BCUT2D eigenvalue weighted by molar-refractivity contribution is 7.98. The summed E-state index contributed by atoms with van der Waals surface area (Å²) in [5.41, 5.74) is 7.98. The lowest BCUT2D eigenvalue weighted by Crippen LogP contribution is -1.99. The minimum atomic E-state index is 0.566. The Kier molecular flexibility index (Phi) is 2.96. The average molecular weight is 257 g/mol. The second-order valence-electron chi connectivity index (χ2n) is 4.54. The van der Waals surface area contributed by atoms with E-state index in [9.17, 15) is 0 Å². The van der Waals surface area contributed by atoms with Crippen LogP contribution < -0.4 is 5.73 Å². The van der Waals surface area contributed by atoms with Gasteiger partial charge in [0.2, 0.25) is 0 Å². The standard InChI is InChI=1S/C14H15N3S/c1-18-11-6-4-10(5-7-11)14-16-12(9-2-3-9)8-13(15)17-14/h4-9H,2-3H2,1H3,(H2,15,16,17). The number of rotatable bonds is 3. The van der Waals surface area contributed by atoms with Gasteiger partial charge in [-0.2, -0.15) is 0 Å². The minimum Gasteiger partial charge on any atom is -0.384 e. The van der Waals surface area contributed by atoms with E-state index in [1.54, 1.807) is 11.8 Å². The normalized spacial score (nSPS) is 14.7. The molecule has 0 aliphatic heterocycles. The van der Waals surface area contributed by atoms with Gasteiger partial charge in [0.25, 0.3) is 0 Å². The van der Waals surface area contributed by atoms with Crippen LogP contribution in [0.5, 0.6) is 0 Å². The van der Waals surface area contributed by atoms with Crippen LogP contribution in [0.4, 0.5) is 5.82 Å². The SMILES string of the molecule is CSc1ccc(-c2nc(N)cc(C3CC3)n2)cc1. The van der Waals surface area contributed by atoms with E-state index in [0.29, 0.717) is 11.7 Å². The summed E-state index contributed by atoms with van der Waals surface area (Å²) in [6.07, 6.45) is 4.51. The highest BCUT2D eigenvalue weighted by Crippen LogP contribution is 2.39. The van der Waals surface area contributed by atoms with Gasteiger partial charge in [-0.3, -0.25) is 0 Å². The molecule has 0 saturated heterocycles. The number of benzene rings is 1. The Morgan fingerprint density at radius 3 is 2.50 bits per heavy atom. The zero-order valence-corrected chi connectivity index (χ0v) is 11.1. The van der Waals surface area contributed by atoms with E-state index < -0.39 is 0 Å². The third kappa shape index (κ3) is 2.34. The van der Waals surface area contributed by atoms with Crippen molar-refractivity contribution in [3.05, 3.63) is 36.0 Å². The predicted octanol–water partition coefficient (Wildman–Crippen LogP) is 3.33. The number of thioether (sulfide) groups is 1. The van der Waals surface area contributed by atoms with Crippen molar-refractivity contribution < 1.29 is 0 Å². The first-order chi connectivity index (χ1) is 8.76. The van der Waals surface area contributed by atoms with Gasteiger partial charge in [0.05, 0.1) is 0 Å². The van der Waals surface area contributed by atoms with Crippen molar-refractivity contribution in [1.82, 2.24) is 9.97 Å². The van der Waals surface area contributed by atoms with Crippen LogP contribution in [0.2, 0.25) is 0 Å². The van der Waals surface area contributed by atoms with Gasteiger partial charge in [0.15, 0.2) is 5.82 Å². The molecule has 0 spiro atoms. The topological polar surface area (TPSA) is 51.8 Å². The molecule has 2 N–H and O–H groups in total. The van der Waals surface area contributed by atoms with Crippen LogP contribution in [0.1, 0.15) is 24.5 Å². The Hall–Kier alpha value is -1.55. The minimum absolute atomic E-state index is 0.566. The molecule has 1 heterocycles. The molecule has 3 rings (SSSR count). The van der Waals surface area contributed by atoms with Gasteiger partial charge < -0.3 is 5.73 Å². The molecule has 1 aromatic carbocycles. The summed E-state index contributed by atoms with van der Waals surface area (Å²) < 4.78 is 0. The predicted molar refractivity (Wildman–Crippen MR) is 75.6 cm³/mol. The van der Waals surface area contributed by atoms with Gasteiger partial charge in [0.1, 0.15) is 5.82 Å². The molecule has 18 heavy (non-hydrogen) atoms. The number of nitrogens with two attached hydrogens (primary N) is 1. The van der Waals surface area contributed by atoms with Crippen LogP contribution in [-0.2, 0) is 0 Å². The van der Waals surface area contributed by atoms with Crippen molar-refractivity contribution >= 4 is 17.6 Å². The smallest absolute Gasteiger partial charge is 0.161 e. The van der Waals surface area contributed by atoms with Crippen molar-refractivity contribution in [1.29, 1.82) is 0 Å². The van der Waals surface area contributed by atoms with Crippen molar-refractivity contribution in [2.24, 2.45) is 0 Å². The molecule has 1 fully saturated rings. The lowest BCUT2D eigenvalue weighted by Gasteiger charge is -2.05. The Labute approximate surface area is 111 Å². The van der Waals surface area contributed by atoms with E-state index in [0.717, 1.165) is 17.1 Å². The van der Waals surface area contributed by atoms with Gasteiger partial charge in [-0.25, -0.2) is 9.97 Å². The van der Waals surface area contributed by atoms with E-state index in [1.165, 1.54) is 17.7 Å². The fourth-order valence-electron chi connectivity index (χ4n) is 1.94. The Bertz CT molecular complexity index is 562. The molecular formula is C14H15N3S. The third-order valence-corrected chi connectivity index (χ3v) is 3.85. The molecule has 3 nitrogen and oxygen atoms in total. The fourth-order valence-corrected chi connectivity index (χ4v) is 2.35. The molecule has 92 valence electrons. The van der Waals surface area contributed by atoms with Gasteiger partial charge >= 0.3 is 0 Å². The second kappa shape index (κ2) is 4.61. The molecule has 1 aliphatic rings. The number of hydrogen-bond acceptors (Lipinski definition) is 4. The van der Waals surface area contributed by atoms with Gasteiger partial charge in [-0.1, -0.05) is 12.1 Å². The number of nitrogens with zero attached hydrogens (tertiary/aromatic N) is 2. The molecule has 1 aliphatic carbocycles. The molecule has 0 unspecified atom stereocenters. The van der Waals surface area contributed by atoms with Gasteiger partial charge in [-0.15, -0.1) is 11.8 Å². The summed E-state index contributed by atoms with van der Waals surface area (Å²) >= 11 is 1.73. The molecular weight excluding hydrogens is 242 g/mol. The first-order valence-corrected chi connectivity index (χ1v) is 7.27. The molecule has 1 aromatic heterocycles. The molecule has 0 amide bonds. The maximum absolute atomic E-state index is 5.86. The lowest BCUT2D eigenvalue weighted by atomic mass is 10.2. The molecule has 2 aromatic rings. The fraction of sp³-hybridized carbons (Fsp3) is 0.286. The van der Waals surface area contributed by atoms with Crippen molar-refractivity contribution in [2.45, 2.75) is 23.7 Å². The average Bonchev–Trinajstić information content (AvgIpc) is 3.22. The van der Waals surface area contributed by atoms with Crippen LogP contribution in [-0.4, -0.2) is 16.2 Å². The largest absolute Gasteiger partial charge is 0.384 e. The molecule has 4 heteroatoms. The summed E-state index contributed by atoms with van der Waals surface area (Å²) in [5, 5.41) is 0. The maximum atomic E-state index is 5.86. The summed E-state index contributed by atoms with van der Waals surface area (Å²) in [6, 6.07) is 10.2. The summed E-state index contributed by atoms with van der Waals surface area (Å²) in [6.45, 7) is 0. The van der Waals surface area contributed by atoms with Crippen LogP contribution in [0.3, 0.4) is 0 Å².